The van der Waals surface area contributed by atoms with Gasteiger partial charge in [0.05, 0.1) is 0 Å². The summed E-state index contributed by atoms with van der Waals surface area (Å²) in [6, 6.07) is 10.0. The molecule has 1 heteroatoms. The van der Waals surface area contributed by atoms with E-state index in [1.807, 2.05) is 37.3 Å². The SMILES string of the molecule is C=C(c1ccccc1)C(C)CC(C)=O. The third-order valence-corrected chi connectivity index (χ3v) is 2.33. The number of ketones is 1. The van der Waals surface area contributed by atoms with Gasteiger partial charge in [0, 0.05) is 6.42 Å². The molecule has 1 nitrogen and oxygen atoms in total. The zero-order valence-corrected chi connectivity index (χ0v) is 8.79. The van der Waals surface area contributed by atoms with Gasteiger partial charge in [-0.1, -0.05) is 43.8 Å². The van der Waals surface area contributed by atoms with Gasteiger partial charge < -0.3 is 4.79 Å². The molecule has 1 aromatic rings. The largest absolute Gasteiger partial charge is 0.300 e. The summed E-state index contributed by atoms with van der Waals surface area (Å²) >= 11 is 0. The lowest BCUT2D eigenvalue weighted by Gasteiger charge is -2.13. The number of rotatable bonds is 4. The Morgan fingerprint density at radius 2 is 1.93 bits per heavy atom. The van der Waals surface area contributed by atoms with E-state index in [9.17, 15) is 4.79 Å². The van der Waals surface area contributed by atoms with Gasteiger partial charge in [-0.2, -0.15) is 0 Å². The fraction of sp³-hybridized carbons (Fsp3) is 0.308. The van der Waals surface area contributed by atoms with Crippen LogP contribution in [0.2, 0.25) is 0 Å². The minimum Gasteiger partial charge on any atom is -0.300 e. The van der Waals surface area contributed by atoms with Gasteiger partial charge in [-0.3, -0.25) is 0 Å². The molecule has 0 heterocycles. The highest BCUT2D eigenvalue weighted by Crippen LogP contribution is 2.23. The summed E-state index contributed by atoms with van der Waals surface area (Å²) in [5.41, 5.74) is 2.17. The molecular formula is C13H16O. The van der Waals surface area contributed by atoms with E-state index in [0.717, 1.165) is 11.1 Å². The van der Waals surface area contributed by atoms with Crippen molar-refractivity contribution in [1.82, 2.24) is 0 Å². The molecule has 0 fully saturated rings. The molecule has 0 radical (unpaired) electrons. The lowest BCUT2D eigenvalue weighted by molar-refractivity contribution is -0.117. The second-order valence-electron chi connectivity index (χ2n) is 3.70. The van der Waals surface area contributed by atoms with Crippen molar-refractivity contribution in [1.29, 1.82) is 0 Å². The maximum absolute atomic E-state index is 10.9. The summed E-state index contributed by atoms with van der Waals surface area (Å²) in [6.07, 6.45) is 0.577. The van der Waals surface area contributed by atoms with Crippen LogP contribution in [0, 0.1) is 5.92 Å². The molecule has 0 saturated heterocycles. The van der Waals surface area contributed by atoms with E-state index in [-0.39, 0.29) is 11.7 Å². The molecule has 1 unspecified atom stereocenters. The number of carbonyl (C=O) groups excluding carboxylic acids is 1. The van der Waals surface area contributed by atoms with Gasteiger partial charge in [0.1, 0.15) is 5.78 Å². The quantitative estimate of drug-likeness (QED) is 0.708. The highest BCUT2D eigenvalue weighted by molar-refractivity contribution is 5.79. The topological polar surface area (TPSA) is 17.1 Å². The fourth-order valence-electron chi connectivity index (χ4n) is 1.49. The lowest BCUT2D eigenvalue weighted by Crippen LogP contribution is -2.03. The molecule has 0 N–H and O–H groups in total. The van der Waals surface area contributed by atoms with E-state index in [2.05, 4.69) is 6.58 Å². The molecule has 0 aliphatic rings. The molecule has 1 rings (SSSR count). The van der Waals surface area contributed by atoms with E-state index < -0.39 is 0 Å². The zero-order valence-electron chi connectivity index (χ0n) is 8.79. The first-order valence-corrected chi connectivity index (χ1v) is 4.85. The van der Waals surface area contributed by atoms with E-state index in [1.165, 1.54) is 0 Å². The number of benzene rings is 1. The zero-order chi connectivity index (χ0) is 10.6. The van der Waals surface area contributed by atoms with Crippen molar-refractivity contribution in [3.8, 4) is 0 Å². The fourth-order valence-corrected chi connectivity index (χ4v) is 1.49. The Hall–Kier alpha value is -1.37. The van der Waals surface area contributed by atoms with Gasteiger partial charge >= 0.3 is 0 Å². The first kappa shape index (κ1) is 10.7. The van der Waals surface area contributed by atoms with Crippen molar-refractivity contribution in [2.45, 2.75) is 20.3 Å². The minimum atomic E-state index is 0.217. The minimum absolute atomic E-state index is 0.217. The van der Waals surface area contributed by atoms with E-state index in [1.54, 1.807) is 6.92 Å². The van der Waals surface area contributed by atoms with Crippen LogP contribution in [-0.4, -0.2) is 5.78 Å². The second-order valence-corrected chi connectivity index (χ2v) is 3.70. The molecule has 0 aliphatic heterocycles. The van der Waals surface area contributed by atoms with Gasteiger partial charge in [0.25, 0.3) is 0 Å². The first-order valence-electron chi connectivity index (χ1n) is 4.85. The van der Waals surface area contributed by atoms with Crippen LogP contribution in [0.15, 0.2) is 36.9 Å². The van der Waals surface area contributed by atoms with Crippen molar-refractivity contribution in [3.05, 3.63) is 42.5 Å². The molecular weight excluding hydrogens is 172 g/mol. The third-order valence-electron chi connectivity index (χ3n) is 2.33. The molecule has 0 aliphatic carbocycles. The van der Waals surface area contributed by atoms with Crippen LogP contribution in [0.25, 0.3) is 5.57 Å². The molecule has 0 bridgehead atoms. The summed E-state index contributed by atoms with van der Waals surface area (Å²) in [5, 5.41) is 0. The Bertz CT molecular complexity index is 324. The monoisotopic (exact) mass is 188 g/mol. The standard InChI is InChI=1S/C13H16O/c1-10(9-11(2)14)12(3)13-7-5-4-6-8-13/h4-8,10H,3,9H2,1-2H3. The summed E-state index contributed by atoms with van der Waals surface area (Å²) in [6.45, 7) is 7.68. The second kappa shape index (κ2) is 4.75. The summed E-state index contributed by atoms with van der Waals surface area (Å²) < 4.78 is 0. The number of hydrogen-bond donors (Lipinski definition) is 0. The van der Waals surface area contributed by atoms with Crippen molar-refractivity contribution in [2.24, 2.45) is 5.92 Å². The molecule has 14 heavy (non-hydrogen) atoms. The number of carbonyl (C=O) groups is 1. The van der Waals surface area contributed by atoms with Crippen molar-refractivity contribution < 1.29 is 4.79 Å². The van der Waals surface area contributed by atoms with E-state index in [4.69, 9.17) is 0 Å². The van der Waals surface area contributed by atoms with Crippen LogP contribution < -0.4 is 0 Å². The summed E-state index contributed by atoms with van der Waals surface area (Å²) in [7, 11) is 0. The van der Waals surface area contributed by atoms with Crippen LogP contribution in [-0.2, 0) is 4.79 Å². The number of Topliss-reactive ketones (excluding diaryl/α,β-unsaturated/α-hetero) is 1. The third kappa shape index (κ3) is 2.84. The average molecular weight is 188 g/mol. The van der Waals surface area contributed by atoms with Crippen molar-refractivity contribution in [3.63, 3.8) is 0 Å². The Labute approximate surface area is 85.5 Å². The van der Waals surface area contributed by atoms with Gasteiger partial charge in [-0.25, -0.2) is 0 Å². The summed E-state index contributed by atoms with van der Waals surface area (Å²) in [5.74, 6) is 0.449. The molecule has 0 amide bonds. The average Bonchev–Trinajstić information content (AvgIpc) is 2.17. The Balaban J connectivity index is 2.71. The Kier molecular flexibility index (Phi) is 3.63. The maximum atomic E-state index is 10.9. The number of hydrogen-bond acceptors (Lipinski definition) is 1. The first-order chi connectivity index (χ1) is 6.61. The van der Waals surface area contributed by atoms with E-state index in [0.29, 0.717) is 6.42 Å². The molecule has 0 spiro atoms. The van der Waals surface area contributed by atoms with Crippen LogP contribution in [0.5, 0.6) is 0 Å². The van der Waals surface area contributed by atoms with Gasteiger partial charge in [0.2, 0.25) is 0 Å². The van der Waals surface area contributed by atoms with E-state index >= 15 is 0 Å². The highest BCUT2D eigenvalue weighted by atomic mass is 16.1. The van der Waals surface area contributed by atoms with Crippen LogP contribution in [0.1, 0.15) is 25.8 Å². The molecule has 74 valence electrons. The van der Waals surface area contributed by atoms with Crippen molar-refractivity contribution in [2.75, 3.05) is 0 Å². The van der Waals surface area contributed by atoms with Gasteiger partial charge in [0.15, 0.2) is 0 Å². The Morgan fingerprint density at radius 1 is 1.36 bits per heavy atom. The number of allylic oxidation sites excluding steroid dienone is 1. The van der Waals surface area contributed by atoms with Crippen LogP contribution in [0.4, 0.5) is 0 Å². The smallest absolute Gasteiger partial charge is 0.130 e. The predicted octanol–water partition coefficient (Wildman–Crippen LogP) is 3.32. The molecule has 0 aromatic heterocycles. The molecule has 1 aromatic carbocycles. The highest BCUT2D eigenvalue weighted by Gasteiger charge is 2.10. The molecule has 0 saturated carbocycles. The van der Waals surface area contributed by atoms with Crippen LogP contribution in [0.3, 0.4) is 0 Å². The predicted molar refractivity (Wildman–Crippen MR) is 59.9 cm³/mol. The molecule has 1 atom stereocenters. The Morgan fingerprint density at radius 3 is 2.43 bits per heavy atom. The van der Waals surface area contributed by atoms with Gasteiger partial charge in [-0.15, -0.1) is 0 Å². The summed E-state index contributed by atoms with van der Waals surface area (Å²) in [4.78, 5) is 10.9. The maximum Gasteiger partial charge on any atom is 0.130 e. The normalized spacial score (nSPS) is 12.1. The van der Waals surface area contributed by atoms with Gasteiger partial charge in [-0.05, 0) is 24.0 Å². The van der Waals surface area contributed by atoms with Crippen molar-refractivity contribution >= 4 is 11.4 Å². The lowest BCUT2D eigenvalue weighted by atomic mass is 9.92. The van der Waals surface area contributed by atoms with Crippen LogP contribution >= 0.6 is 0 Å².